The van der Waals surface area contributed by atoms with Crippen LogP contribution in [0, 0.1) is 0 Å². The van der Waals surface area contributed by atoms with E-state index in [1.165, 1.54) is 7.79 Å². The Balaban J connectivity index is 2.71. The van der Waals surface area contributed by atoms with Crippen molar-refractivity contribution in [1.82, 2.24) is 0 Å². The minimum Gasteiger partial charge on any atom is -0.144 e. The van der Waals surface area contributed by atoms with E-state index in [4.69, 9.17) is 0 Å². The molecule has 0 spiro atoms. The number of hydrogen-bond acceptors (Lipinski definition) is 2. The summed E-state index contributed by atoms with van der Waals surface area (Å²) >= 11 is 5.89. The molecule has 0 radical (unpaired) electrons. The zero-order valence-corrected chi connectivity index (χ0v) is 9.29. The summed E-state index contributed by atoms with van der Waals surface area (Å²) in [4.78, 5) is 1.33. The normalized spacial score (nSPS) is 12.0. The summed E-state index contributed by atoms with van der Waals surface area (Å²) < 4.78 is 1.33. The highest BCUT2D eigenvalue weighted by atomic mass is 127. The number of hydrogen-bond donors (Lipinski definition) is 0. The first-order chi connectivity index (χ1) is 4.83. The minimum atomic E-state index is 1.33. The van der Waals surface area contributed by atoms with Crippen molar-refractivity contribution in [2.75, 3.05) is 6.26 Å². The van der Waals surface area contributed by atoms with Crippen LogP contribution in [0.1, 0.15) is 4.88 Å². The first kappa shape index (κ1) is 8.62. The van der Waals surface area contributed by atoms with Crippen LogP contribution in [-0.2, 0) is 0 Å². The van der Waals surface area contributed by atoms with Gasteiger partial charge in [-0.25, -0.2) is 0 Å². The average Bonchev–Trinajstić information content (AvgIpc) is 2.40. The van der Waals surface area contributed by atoms with E-state index in [2.05, 4.69) is 52.4 Å². The van der Waals surface area contributed by atoms with Crippen molar-refractivity contribution in [3.63, 3.8) is 0 Å². The Kier molecular flexibility index (Phi) is 3.80. The summed E-state index contributed by atoms with van der Waals surface area (Å²) in [5.41, 5.74) is 0. The third-order valence-electron chi connectivity index (χ3n) is 0.994. The van der Waals surface area contributed by atoms with Gasteiger partial charge in [-0.1, -0.05) is 6.07 Å². The quantitative estimate of drug-likeness (QED) is 0.743. The van der Waals surface area contributed by atoms with E-state index in [0.717, 1.165) is 0 Å². The zero-order valence-electron chi connectivity index (χ0n) is 5.50. The molecule has 0 unspecified atom stereocenters. The maximum Gasteiger partial charge on any atom is 0.0468 e. The predicted octanol–water partition coefficient (Wildman–Crippen LogP) is 3.84. The van der Waals surface area contributed by atoms with E-state index in [0.29, 0.717) is 0 Å². The second-order valence-corrected chi connectivity index (χ2v) is 5.39. The molecule has 0 nitrogen and oxygen atoms in total. The molecule has 0 fully saturated rings. The van der Waals surface area contributed by atoms with E-state index < -0.39 is 0 Å². The van der Waals surface area contributed by atoms with Crippen molar-refractivity contribution in [3.05, 3.63) is 25.3 Å². The number of thioether (sulfide) groups is 1. The first-order valence-electron chi connectivity index (χ1n) is 2.77. The summed E-state index contributed by atoms with van der Waals surface area (Å²) in [5.74, 6) is 0. The van der Waals surface area contributed by atoms with Gasteiger partial charge in [0.25, 0.3) is 0 Å². The van der Waals surface area contributed by atoms with Gasteiger partial charge in [0.05, 0.1) is 0 Å². The molecule has 0 atom stereocenters. The Morgan fingerprint density at radius 2 is 2.60 bits per heavy atom. The maximum absolute atomic E-state index is 2.34. The minimum absolute atomic E-state index is 1.33. The molecule has 0 aromatic carbocycles. The molecule has 0 saturated carbocycles. The van der Waals surface area contributed by atoms with E-state index in [1.54, 1.807) is 23.1 Å². The Bertz CT molecular complexity index is 214. The molecule has 0 N–H and O–H groups in total. The van der Waals surface area contributed by atoms with Crippen LogP contribution in [0.2, 0.25) is 0 Å². The molecule has 0 aliphatic heterocycles. The van der Waals surface area contributed by atoms with Gasteiger partial charge in [-0.05, 0) is 46.4 Å². The number of halogens is 1. The highest BCUT2D eigenvalue weighted by Crippen LogP contribution is 2.24. The lowest BCUT2D eigenvalue weighted by molar-refractivity contribution is 1.96. The monoisotopic (exact) mass is 282 g/mol. The van der Waals surface area contributed by atoms with E-state index in [9.17, 15) is 0 Å². The Labute approximate surface area is 82.9 Å². The fourth-order valence-corrected chi connectivity index (χ4v) is 2.07. The summed E-state index contributed by atoms with van der Waals surface area (Å²) in [6.45, 7) is 0. The molecular weight excluding hydrogens is 275 g/mol. The van der Waals surface area contributed by atoms with Gasteiger partial charge in [0.1, 0.15) is 0 Å². The molecule has 54 valence electrons. The molecule has 1 aromatic heterocycles. The lowest BCUT2D eigenvalue weighted by Gasteiger charge is -1.88. The molecule has 10 heavy (non-hydrogen) atoms. The second-order valence-electron chi connectivity index (χ2n) is 1.67. The van der Waals surface area contributed by atoms with Gasteiger partial charge in [0, 0.05) is 7.79 Å². The summed E-state index contributed by atoms with van der Waals surface area (Å²) in [7, 11) is 0. The van der Waals surface area contributed by atoms with Crippen LogP contribution in [-0.4, -0.2) is 6.26 Å². The third kappa shape index (κ3) is 2.64. The highest BCUT2D eigenvalue weighted by molar-refractivity contribution is 14.1. The van der Waals surface area contributed by atoms with Crippen LogP contribution >= 0.6 is 45.7 Å². The summed E-state index contributed by atoms with van der Waals surface area (Å²) in [5, 5.41) is 2.09. The topological polar surface area (TPSA) is 0 Å². The Morgan fingerprint density at radius 1 is 1.80 bits per heavy atom. The zero-order chi connectivity index (χ0) is 7.40. The maximum atomic E-state index is 2.34. The molecule has 1 aromatic rings. The Hall–Kier alpha value is 0.520. The highest BCUT2D eigenvalue weighted by Gasteiger charge is 1.89. The van der Waals surface area contributed by atoms with Gasteiger partial charge in [-0.2, -0.15) is 0 Å². The number of thiophene rings is 1. The molecule has 1 rings (SSSR count). The summed E-state index contributed by atoms with van der Waals surface area (Å²) in [6, 6.07) is 4.19. The van der Waals surface area contributed by atoms with E-state index >= 15 is 0 Å². The molecule has 0 aliphatic rings. The van der Waals surface area contributed by atoms with Crippen molar-refractivity contribution in [2.24, 2.45) is 0 Å². The molecule has 3 heteroatoms. The number of rotatable bonds is 2. The Morgan fingerprint density at radius 3 is 3.10 bits per heavy atom. The summed E-state index contributed by atoms with van der Waals surface area (Å²) in [6.07, 6.45) is 4.28. The average molecular weight is 282 g/mol. The lowest BCUT2D eigenvalue weighted by atomic mass is 10.5. The van der Waals surface area contributed by atoms with Crippen molar-refractivity contribution in [3.8, 4) is 0 Å². The van der Waals surface area contributed by atoms with Gasteiger partial charge in [0.15, 0.2) is 0 Å². The molecule has 0 aliphatic carbocycles. The second kappa shape index (κ2) is 4.41. The van der Waals surface area contributed by atoms with Gasteiger partial charge < -0.3 is 0 Å². The largest absolute Gasteiger partial charge is 0.144 e. The van der Waals surface area contributed by atoms with Crippen LogP contribution in [0.5, 0.6) is 0 Å². The SMILES string of the molecule is CS/C(I)=C/c1cccs1. The van der Waals surface area contributed by atoms with E-state index in [-0.39, 0.29) is 0 Å². The van der Waals surface area contributed by atoms with Gasteiger partial charge in [-0.15, -0.1) is 23.1 Å². The van der Waals surface area contributed by atoms with Crippen LogP contribution in [0.3, 0.4) is 0 Å². The van der Waals surface area contributed by atoms with Crippen molar-refractivity contribution in [2.45, 2.75) is 0 Å². The standard InChI is InChI=1S/C7H7IS2/c1-9-7(8)5-6-3-2-4-10-6/h2-5H,1H3/b7-5+. The molecule has 0 saturated heterocycles. The lowest BCUT2D eigenvalue weighted by Crippen LogP contribution is -1.58. The fraction of sp³-hybridized carbons (Fsp3) is 0.143. The van der Waals surface area contributed by atoms with E-state index in [1.807, 2.05) is 0 Å². The van der Waals surface area contributed by atoms with Crippen molar-refractivity contribution in [1.29, 1.82) is 0 Å². The van der Waals surface area contributed by atoms with Gasteiger partial charge >= 0.3 is 0 Å². The predicted molar refractivity (Wildman–Crippen MR) is 59.8 cm³/mol. The smallest absolute Gasteiger partial charge is 0.0468 e. The van der Waals surface area contributed by atoms with Gasteiger partial charge in [-0.3, -0.25) is 0 Å². The van der Waals surface area contributed by atoms with Crippen LogP contribution in [0.4, 0.5) is 0 Å². The first-order valence-corrected chi connectivity index (χ1v) is 5.96. The van der Waals surface area contributed by atoms with Crippen LogP contribution in [0.25, 0.3) is 6.08 Å². The fourth-order valence-electron chi connectivity index (χ4n) is 0.544. The molecule has 0 amide bonds. The van der Waals surface area contributed by atoms with Crippen LogP contribution in [0.15, 0.2) is 20.4 Å². The molecule has 0 bridgehead atoms. The molecular formula is C7H7IS2. The van der Waals surface area contributed by atoms with Crippen molar-refractivity contribution < 1.29 is 0 Å². The van der Waals surface area contributed by atoms with Crippen LogP contribution < -0.4 is 0 Å². The van der Waals surface area contributed by atoms with Gasteiger partial charge in [0.2, 0.25) is 0 Å². The molecule has 1 heterocycles. The third-order valence-corrected chi connectivity index (χ3v) is 3.95. The van der Waals surface area contributed by atoms with Crippen molar-refractivity contribution >= 4 is 51.8 Å².